The van der Waals surface area contributed by atoms with Gasteiger partial charge in [-0.25, -0.2) is 0 Å². The first-order chi connectivity index (χ1) is 7.98. The zero-order valence-electron chi connectivity index (χ0n) is 9.91. The van der Waals surface area contributed by atoms with Gasteiger partial charge in [-0.05, 0) is 37.1 Å². The number of alkyl halides is 3. The van der Waals surface area contributed by atoms with Crippen LogP contribution in [0.3, 0.4) is 0 Å². The number of halogens is 3. The molecule has 0 spiro atoms. The summed E-state index contributed by atoms with van der Waals surface area (Å²) in [6, 6.07) is 2.34. The molecule has 1 rings (SSSR count). The molecular weight excluding hydrogens is 271 g/mol. The molecule has 0 heterocycles. The van der Waals surface area contributed by atoms with Crippen LogP contribution in [0.2, 0.25) is 0 Å². The van der Waals surface area contributed by atoms with Crippen LogP contribution < -0.4 is 4.31 Å². The Balaban J connectivity index is 3.33. The highest BCUT2D eigenvalue weighted by Gasteiger charge is 2.49. The normalized spacial score (nSPS) is 12.6. The van der Waals surface area contributed by atoms with E-state index in [1.807, 2.05) is 0 Å². The fourth-order valence-corrected chi connectivity index (χ4v) is 2.10. The Morgan fingerprint density at radius 3 is 1.89 bits per heavy atom. The lowest BCUT2D eigenvalue weighted by atomic mass is 10.1. The van der Waals surface area contributed by atoms with Crippen LogP contribution in [0.1, 0.15) is 11.1 Å². The molecule has 8 heteroatoms. The largest absolute Gasteiger partial charge is 0.516 e. The maximum Gasteiger partial charge on any atom is 0.516 e. The second-order valence-electron chi connectivity index (χ2n) is 3.85. The van der Waals surface area contributed by atoms with E-state index in [0.717, 1.165) is 7.05 Å². The van der Waals surface area contributed by atoms with Gasteiger partial charge in [0.25, 0.3) is 0 Å². The average Bonchev–Trinajstić information content (AvgIpc) is 2.22. The Hall–Kier alpha value is -1.44. The Morgan fingerprint density at radius 1 is 1.17 bits per heavy atom. The van der Waals surface area contributed by atoms with E-state index in [-0.39, 0.29) is 15.7 Å². The highest BCUT2D eigenvalue weighted by Crippen LogP contribution is 2.33. The second kappa shape index (κ2) is 4.34. The minimum absolute atomic E-state index is 0.0726. The molecule has 0 atom stereocenters. The fraction of sp³-hybridized carbons (Fsp3) is 0.400. The Morgan fingerprint density at radius 2 is 1.56 bits per heavy atom. The molecule has 0 bridgehead atoms. The van der Waals surface area contributed by atoms with E-state index >= 15 is 0 Å². The maximum absolute atomic E-state index is 12.4. The van der Waals surface area contributed by atoms with Gasteiger partial charge in [0.2, 0.25) is 0 Å². The number of benzene rings is 1. The van der Waals surface area contributed by atoms with Crippen LogP contribution in [0.15, 0.2) is 12.1 Å². The molecule has 1 N–H and O–H groups in total. The van der Waals surface area contributed by atoms with Crippen LogP contribution in [-0.2, 0) is 10.0 Å². The van der Waals surface area contributed by atoms with Crippen molar-refractivity contribution in [2.24, 2.45) is 0 Å². The molecule has 0 radical (unpaired) electrons. The summed E-state index contributed by atoms with van der Waals surface area (Å²) in [7, 11) is -4.61. The summed E-state index contributed by atoms with van der Waals surface area (Å²) in [5.41, 5.74) is -4.91. The lowest BCUT2D eigenvalue weighted by Gasteiger charge is -2.22. The van der Waals surface area contributed by atoms with E-state index in [1.165, 1.54) is 26.0 Å². The maximum atomic E-state index is 12.4. The predicted octanol–water partition coefficient (Wildman–Crippen LogP) is 2.29. The van der Waals surface area contributed by atoms with Crippen molar-refractivity contribution in [1.82, 2.24) is 0 Å². The second-order valence-corrected chi connectivity index (χ2v) is 5.81. The molecule has 0 fully saturated rings. The van der Waals surface area contributed by atoms with Gasteiger partial charge in [0, 0.05) is 7.05 Å². The van der Waals surface area contributed by atoms with Crippen molar-refractivity contribution in [1.29, 1.82) is 0 Å². The first-order valence-corrected chi connectivity index (χ1v) is 6.28. The Labute approximate surface area is 103 Å². The van der Waals surface area contributed by atoms with Crippen LogP contribution in [0.5, 0.6) is 5.75 Å². The molecule has 0 saturated carbocycles. The monoisotopic (exact) mass is 283 g/mol. The smallest absolute Gasteiger partial charge is 0.507 e. The molecule has 0 aromatic heterocycles. The summed E-state index contributed by atoms with van der Waals surface area (Å²) in [6.45, 7) is 2.94. The minimum atomic E-state index is -5.42. The molecule has 1 aromatic rings. The summed E-state index contributed by atoms with van der Waals surface area (Å²) in [6.07, 6.45) is 0. The molecule has 0 aliphatic carbocycles. The van der Waals surface area contributed by atoms with Gasteiger partial charge >= 0.3 is 15.5 Å². The van der Waals surface area contributed by atoms with Crippen molar-refractivity contribution in [2.45, 2.75) is 19.4 Å². The molecule has 0 aliphatic heterocycles. The number of hydrogen-bond donors (Lipinski definition) is 1. The summed E-state index contributed by atoms with van der Waals surface area (Å²) in [5, 5.41) is 9.49. The number of sulfonamides is 1. The van der Waals surface area contributed by atoms with Crippen LogP contribution in [0.25, 0.3) is 0 Å². The van der Waals surface area contributed by atoms with Gasteiger partial charge < -0.3 is 5.11 Å². The van der Waals surface area contributed by atoms with Crippen LogP contribution in [0, 0.1) is 13.8 Å². The number of aromatic hydroxyl groups is 1. The predicted molar refractivity (Wildman–Crippen MR) is 61.0 cm³/mol. The standard InChI is InChI=1S/C10H12F3NO3S/c1-6-4-8(5-7(2)9(6)15)14(3)18(16,17)10(11,12)13/h4-5,15H,1-3H3. The molecular formula is C10H12F3NO3S. The number of aryl methyl sites for hydroxylation is 2. The Bertz CT molecular complexity index is 543. The van der Waals surface area contributed by atoms with Gasteiger partial charge in [-0.1, -0.05) is 0 Å². The molecule has 1 aromatic carbocycles. The summed E-state index contributed by atoms with van der Waals surface area (Å²) in [4.78, 5) is 0. The molecule has 102 valence electrons. The summed E-state index contributed by atoms with van der Waals surface area (Å²) < 4.78 is 59.7. The number of nitrogens with zero attached hydrogens (tertiary/aromatic N) is 1. The van der Waals surface area contributed by atoms with Gasteiger partial charge in [-0.15, -0.1) is 0 Å². The van der Waals surface area contributed by atoms with Crippen molar-refractivity contribution in [2.75, 3.05) is 11.4 Å². The SMILES string of the molecule is Cc1cc(N(C)S(=O)(=O)C(F)(F)F)cc(C)c1O. The summed E-state index contributed by atoms with van der Waals surface area (Å²) in [5.74, 6) is -0.0726. The van der Waals surface area contributed by atoms with Gasteiger partial charge in [-0.2, -0.15) is 21.6 Å². The number of phenolic OH excluding ortho intramolecular Hbond substituents is 1. The van der Waals surface area contributed by atoms with Gasteiger partial charge in [0.15, 0.2) is 0 Å². The third-order valence-corrected chi connectivity index (χ3v) is 4.01. The lowest BCUT2D eigenvalue weighted by molar-refractivity contribution is -0.0437. The summed E-state index contributed by atoms with van der Waals surface area (Å²) >= 11 is 0. The first-order valence-electron chi connectivity index (χ1n) is 4.84. The lowest BCUT2D eigenvalue weighted by Crippen LogP contribution is -2.38. The number of hydrogen-bond acceptors (Lipinski definition) is 3. The molecule has 0 saturated heterocycles. The number of rotatable bonds is 2. The topological polar surface area (TPSA) is 57.6 Å². The number of phenols is 1. The van der Waals surface area contributed by atoms with Gasteiger partial charge in [0.05, 0.1) is 5.69 Å². The molecule has 0 amide bonds. The van der Waals surface area contributed by atoms with Gasteiger partial charge in [0.1, 0.15) is 5.75 Å². The van der Waals surface area contributed by atoms with Crippen LogP contribution in [-0.4, -0.2) is 26.1 Å². The van der Waals surface area contributed by atoms with Crippen LogP contribution >= 0.6 is 0 Å². The minimum Gasteiger partial charge on any atom is -0.507 e. The van der Waals surface area contributed by atoms with Gasteiger partial charge in [-0.3, -0.25) is 4.31 Å². The van der Waals surface area contributed by atoms with Crippen molar-refractivity contribution < 1.29 is 26.7 Å². The van der Waals surface area contributed by atoms with E-state index < -0.39 is 15.5 Å². The van der Waals surface area contributed by atoms with Crippen molar-refractivity contribution in [3.8, 4) is 5.75 Å². The van der Waals surface area contributed by atoms with E-state index in [9.17, 15) is 26.7 Å². The molecule has 0 aliphatic rings. The van der Waals surface area contributed by atoms with E-state index in [1.54, 1.807) is 0 Å². The zero-order valence-corrected chi connectivity index (χ0v) is 10.7. The first kappa shape index (κ1) is 14.6. The zero-order chi connectivity index (χ0) is 14.3. The van der Waals surface area contributed by atoms with Crippen molar-refractivity contribution >= 4 is 15.7 Å². The average molecular weight is 283 g/mol. The fourth-order valence-electron chi connectivity index (χ4n) is 1.41. The van der Waals surface area contributed by atoms with Crippen molar-refractivity contribution in [3.05, 3.63) is 23.3 Å². The molecule has 4 nitrogen and oxygen atoms in total. The quantitative estimate of drug-likeness (QED) is 0.906. The highest BCUT2D eigenvalue weighted by atomic mass is 32.2. The van der Waals surface area contributed by atoms with Crippen LogP contribution in [0.4, 0.5) is 18.9 Å². The third-order valence-electron chi connectivity index (χ3n) is 2.49. The number of anilines is 1. The third kappa shape index (κ3) is 2.38. The highest BCUT2D eigenvalue weighted by molar-refractivity contribution is 7.93. The van der Waals surface area contributed by atoms with E-state index in [0.29, 0.717) is 11.1 Å². The Kier molecular flexibility index (Phi) is 3.53. The molecule has 18 heavy (non-hydrogen) atoms. The molecule has 0 unspecified atom stereocenters. The van der Waals surface area contributed by atoms with E-state index in [4.69, 9.17) is 0 Å². The van der Waals surface area contributed by atoms with Crippen molar-refractivity contribution in [3.63, 3.8) is 0 Å². The van der Waals surface area contributed by atoms with E-state index in [2.05, 4.69) is 0 Å².